The van der Waals surface area contributed by atoms with E-state index in [1.807, 2.05) is 37.3 Å². The molecule has 3 N–H and O–H groups in total. The summed E-state index contributed by atoms with van der Waals surface area (Å²) < 4.78 is 5.28. The molecule has 23 heavy (non-hydrogen) atoms. The Hall–Kier alpha value is -3.15. The predicted octanol–water partition coefficient (Wildman–Crippen LogP) is 2.81. The van der Waals surface area contributed by atoms with E-state index in [0.29, 0.717) is 11.5 Å². The van der Waals surface area contributed by atoms with E-state index in [0.717, 1.165) is 5.56 Å². The van der Waals surface area contributed by atoms with E-state index in [2.05, 4.69) is 15.3 Å². The van der Waals surface area contributed by atoms with Crippen LogP contribution in [0.15, 0.2) is 59.2 Å². The van der Waals surface area contributed by atoms with Gasteiger partial charge in [-0.1, -0.05) is 30.3 Å². The van der Waals surface area contributed by atoms with Crippen molar-refractivity contribution in [1.82, 2.24) is 15.3 Å². The number of aromatic nitrogens is 2. The minimum absolute atomic E-state index is 0.0245. The van der Waals surface area contributed by atoms with E-state index in [-0.39, 0.29) is 23.6 Å². The van der Waals surface area contributed by atoms with E-state index in [4.69, 9.17) is 10.2 Å². The summed E-state index contributed by atoms with van der Waals surface area (Å²) in [6.45, 7) is 1.91. The summed E-state index contributed by atoms with van der Waals surface area (Å²) in [7, 11) is 0. The minimum atomic E-state index is -0.316. The second kappa shape index (κ2) is 6.31. The molecule has 0 fully saturated rings. The van der Waals surface area contributed by atoms with Crippen LogP contribution in [-0.2, 0) is 0 Å². The van der Waals surface area contributed by atoms with Crippen molar-refractivity contribution >= 4 is 11.9 Å². The van der Waals surface area contributed by atoms with Gasteiger partial charge in [-0.25, -0.2) is 9.97 Å². The number of hydrogen-bond acceptors (Lipinski definition) is 5. The molecular weight excluding hydrogens is 292 g/mol. The summed E-state index contributed by atoms with van der Waals surface area (Å²) in [6, 6.07) is 14.6. The molecule has 6 heteroatoms. The Kier molecular flexibility index (Phi) is 4.05. The first kappa shape index (κ1) is 14.8. The molecule has 1 atom stereocenters. The topological polar surface area (TPSA) is 94.0 Å². The van der Waals surface area contributed by atoms with Gasteiger partial charge in [0.25, 0.3) is 5.91 Å². The quantitative estimate of drug-likeness (QED) is 0.773. The third-order valence-electron chi connectivity index (χ3n) is 3.40. The summed E-state index contributed by atoms with van der Waals surface area (Å²) in [5, 5.41) is 2.90. The van der Waals surface area contributed by atoms with Crippen molar-refractivity contribution < 1.29 is 9.21 Å². The zero-order valence-electron chi connectivity index (χ0n) is 12.6. The fourth-order valence-electron chi connectivity index (χ4n) is 2.23. The maximum absolute atomic E-state index is 12.4. The largest absolute Gasteiger partial charge is 0.463 e. The number of nitrogens with one attached hydrogen (secondary N) is 1. The van der Waals surface area contributed by atoms with Gasteiger partial charge in [0.1, 0.15) is 11.4 Å². The van der Waals surface area contributed by atoms with Crippen molar-refractivity contribution in [2.24, 2.45) is 0 Å². The van der Waals surface area contributed by atoms with Gasteiger partial charge in [0, 0.05) is 0 Å². The molecule has 1 unspecified atom stereocenters. The maximum atomic E-state index is 12.4. The average Bonchev–Trinajstić information content (AvgIpc) is 3.09. The van der Waals surface area contributed by atoms with Crippen LogP contribution in [0.2, 0.25) is 0 Å². The van der Waals surface area contributed by atoms with Gasteiger partial charge < -0.3 is 15.5 Å². The van der Waals surface area contributed by atoms with Gasteiger partial charge in [0.2, 0.25) is 5.95 Å². The Labute approximate surface area is 133 Å². The molecule has 2 aromatic heterocycles. The Morgan fingerprint density at radius 3 is 2.65 bits per heavy atom. The van der Waals surface area contributed by atoms with Crippen molar-refractivity contribution in [3.05, 3.63) is 66.1 Å². The number of anilines is 1. The highest BCUT2D eigenvalue weighted by molar-refractivity contribution is 5.93. The lowest BCUT2D eigenvalue weighted by molar-refractivity contribution is 0.0935. The van der Waals surface area contributed by atoms with Gasteiger partial charge in [-0.05, 0) is 30.7 Å². The molecule has 0 saturated carbocycles. The van der Waals surface area contributed by atoms with Crippen LogP contribution in [0.3, 0.4) is 0 Å². The van der Waals surface area contributed by atoms with Gasteiger partial charge in [-0.3, -0.25) is 4.79 Å². The van der Waals surface area contributed by atoms with Gasteiger partial charge in [0.15, 0.2) is 5.76 Å². The number of carbonyl (C=O) groups is 1. The molecule has 1 amide bonds. The average molecular weight is 308 g/mol. The molecule has 6 nitrogen and oxygen atoms in total. The third-order valence-corrected chi connectivity index (χ3v) is 3.40. The van der Waals surface area contributed by atoms with Crippen molar-refractivity contribution in [1.29, 1.82) is 0 Å². The summed E-state index contributed by atoms with van der Waals surface area (Å²) in [6.07, 6.45) is 1.53. The van der Waals surface area contributed by atoms with Gasteiger partial charge in [-0.2, -0.15) is 0 Å². The fourth-order valence-corrected chi connectivity index (χ4v) is 2.23. The lowest BCUT2D eigenvalue weighted by Crippen LogP contribution is -2.27. The van der Waals surface area contributed by atoms with E-state index in [9.17, 15) is 4.79 Å². The number of hydrogen-bond donors (Lipinski definition) is 2. The number of furan rings is 1. The number of rotatable bonds is 4. The second-order valence-corrected chi connectivity index (χ2v) is 5.08. The Balaban J connectivity index is 1.82. The molecule has 116 valence electrons. The summed E-state index contributed by atoms with van der Waals surface area (Å²) in [4.78, 5) is 20.5. The lowest BCUT2D eigenvalue weighted by atomic mass is 10.1. The molecular formula is C17H16N4O2. The smallest absolute Gasteiger partial charge is 0.270 e. The molecule has 0 aliphatic heterocycles. The minimum Gasteiger partial charge on any atom is -0.463 e. The number of nitrogen functional groups attached to an aromatic ring is 1. The monoisotopic (exact) mass is 308 g/mol. The molecule has 3 rings (SSSR count). The molecule has 0 spiro atoms. The molecule has 3 aromatic rings. The van der Waals surface area contributed by atoms with Gasteiger partial charge in [0.05, 0.1) is 12.3 Å². The Bertz CT molecular complexity index is 801. The standard InChI is InChI=1S/C17H16N4O2/c1-11(12-6-3-2-4-7-12)19-16(22)14-10-13(20-17(18)21-14)15-8-5-9-23-15/h2-11H,1H3,(H,19,22)(H2,18,20,21). The highest BCUT2D eigenvalue weighted by Crippen LogP contribution is 2.19. The molecule has 0 aliphatic carbocycles. The molecule has 0 bridgehead atoms. The highest BCUT2D eigenvalue weighted by atomic mass is 16.3. The van der Waals surface area contributed by atoms with Crippen LogP contribution in [0.4, 0.5) is 5.95 Å². The van der Waals surface area contributed by atoms with Crippen molar-refractivity contribution in [3.63, 3.8) is 0 Å². The van der Waals surface area contributed by atoms with E-state index >= 15 is 0 Å². The second-order valence-electron chi connectivity index (χ2n) is 5.08. The number of nitrogens with two attached hydrogens (primary N) is 1. The SMILES string of the molecule is CC(NC(=O)c1cc(-c2ccco2)nc(N)n1)c1ccccc1. The van der Waals surface area contributed by atoms with E-state index in [1.54, 1.807) is 18.2 Å². The Morgan fingerprint density at radius 1 is 1.17 bits per heavy atom. The highest BCUT2D eigenvalue weighted by Gasteiger charge is 2.15. The van der Waals surface area contributed by atoms with Crippen molar-refractivity contribution in [2.45, 2.75) is 13.0 Å². The fraction of sp³-hybridized carbons (Fsp3) is 0.118. The molecule has 0 saturated heterocycles. The van der Waals surface area contributed by atoms with Crippen LogP contribution in [-0.4, -0.2) is 15.9 Å². The summed E-state index contributed by atoms with van der Waals surface area (Å²) in [5.74, 6) is 0.240. The molecule has 0 radical (unpaired) electrons. The van der Waals surface area contributed by atoms with Crippen LogP contribution in [0.25, 0.3) is 11.5 Å². The first-order valence-corrected chi connectivity index (χ1v) is 7.18. The Morgan fingerprint density at radius 2 is 1.96 bits per heavy atom. The third kappa shape index (κ3) is 3.37. The van der Waals surface area contributed by atoms with Crippen LogP contribution in [0.1, 0.15) is 29.0 Å². The molecule has 2 heterocycles. The zero-order valence-corrected chi connectivity index (χ0v) is 12.6. The predicted molar refractivity (Wildman–Crippen MR) is 86.5 cm³/mol. The maximum Gasteiger partial charge on any atom is 0.270 e. The first-order chi connectivity index (χ1) is 11.1. The number of amides is 1. The van der Waals surface area contributed by atoms with E-state index < -0.39 is 0 Å². The number of carbonyl (C=O) groups excluding carboxylic acids is 1. The van der Waals surface area contributed by atoms with Crippen LogP contribution >= 0.6 is 0 Å². The van der Waals surface area contributed by atoms with Crippen LogP contribution < -0.4 is 11.1 Å². The summed E-state index contributed by atoms with van der Waals surface area (Å²) in [5.41, 5.74) is 7.38. The van der Waals surface area contributed by atoms with Crippen molar-refractivity contribution in [3.8, 4) is 11.5 Å². The van der Waals surface area contributed by atoms with Gasteiger partial charge >= 0.3 is 0 Å². The lowest BCUT2D eigenvalue weighted by Gasteiger charge is -2.14. The van der Waals surface area contributed by atoms with E-state index in [1.165, 1.54) is 6.26 Å². The van der Waals surface area contributed by atoms with Crippen LogP contribution in [0, 0.1) is 0 Å². The first-order valence-electron chi connectivity index (χ1n) is 7.18. The summed E-state index contributed by atoms with van der Waals surface area (Å²) >= 11 is 0. The van der Waals surface area contributed by atoms with Crippen LogP contribution in [0.5, 0.6) is 0 Å². The molecule has 0 aliphatic rings. The number of benzene rings is 1. The normalized spacial score (nSPS) is 11.9. The zero-order chi connectivity index (χ0) is 16.2. The molecule has 1 aromatic carbocycles. The van der Waals surface area contributed by atoms with Crippen molar-refractivity contribution in [2.75, 3.05) is 5.73 Å². The van der Waals surface area contributed by atoms with Gasteiger partial charge in [-0.15, -0.1) is 0 Å². The number of nitrogens with zero attached hydrogens (tertiary/aromatic N) is 2.